The highest BCUT2D eigenvalue weighted by Crippen LogP contribution is 2.44. The summed E-state index contributed by atoms with van der Waals surface area (Å²) in [6, 6.07) is 49.7. The number of anilines is 4. The molecule has 7 aromatic rings. The van der Waals surface area contributed by atoms with Gasteiger partial charge in [0, 0.05) is 23.5 Å². The molecular formula is C39H28N2O. The fourth-order valence-electron chi connectivity index (χ4n) is 5.99. The van der Waals surface area contributed by atoms with Gasteiger partial charge in [0.25, 0.3) is 0 Å². The van der Waals surface area contributed by atoms with E-state index in [4.69, 9.17) is 4.42 Å². The molecule has 0 spiro atoms. The second-order valence-electron chi connectivity index (χ2n) is 10.6. The van der Waals surface area contributed by atoms with Crippen molar-refractivity contribution >= 4 is 50.8 Å². The predicted octanol–water partition coefficient (Wildman–Crippen LogP) is 10.8. The van der Waals surface area contributed by atoms with Gasteiger partial charge in [-0.3, -0.25) is 0 Å². The van der Waals surface area contributed by atoms with Crippen molar-refractivity contribution in [2.45, 2.75) is 0 Å². The van der Waals surface area contributed by atoms with Gasteiger partial charge in [-0.1, -0.05) is 109 Å². The van der Waals surface area contributed by atoms with Gasteiger partial charge in [0.1, 0.15) is 5.58 Å². The van der Waals surface area contributed by atoms with Gasteiger partial charge in [-0.15, -0.1) is 0 Å². The molecule has 2 heterocycles. The van der Waals surface area contributed by atoms with E-state index in [9.17, 15) is 0 Å². The standard InChI is InChI=1S/C39H28N2O/c1-2-8-27(9-3-1)29-17-21-33(22-18-29)41(36-13-6-14-37-38(36)35-12-7-25-40-39(35)42-37)34-23-19-30(20-24-34)32-16-15-28-10-4-5-11-31(28)26-32/h1-24,26,40H,25H2. The van der Waals surface area contributed by atoms with Crippen LogP contribution in [0.25, 0.3) is 50.1 Å². The van der Waals surface area contributed by atoms with Gasteiger partial charge < -0.3 is 14.6 Å². The van der Waals surface area contributed by atoms with Crippen LogP contribution >= 0.6 is 0 Å². The largest absolute Gasteiger partial charge is 0.440 e. The Balaban J connectivity index is 1.26. The molecule has 3 heteroatoms. The van der Waals surface area contributed by atoms with Gasteiger partial charge in [0.05, 0.1) is 11.1 Å². The van der Waals surface area contributed by atoms with Crippen molar-refractivity contribution in [1.29, 1.82) is 0 Å². The van der Waals surface area contributed by atoms with E-state index in [-0.39, 0.29) is 0 Å². The highest BCUT2D eigenvalue weighted by atomic mass is 16.3. The number of fused-ring (bicyclic) bond motifs is 4. The fourth-order valence-corrected chi connectivity index (χ4v) is 5.99. The minimum absolute atomic E-state index is 0.767. The zero-order valence-electron chi connectivity index (χ0n) is 23.0. The van der Waals surface area contributed by atoms with E-state index in [1.54, 1.807) is 0 Å². The molecule has 0 bridgehead atoms. The van der Waals surface area contributed by atoms with E-state index in [2.05, 4.69) is 156 Å². The number of nitrogens with one attached hydrogen (secondary N) is 1. The summed E-state index contributed by atoms with van der Waals surface area (Å²) in [5, 5.41) is 6.99. The molecule has 0 amide bonds. The molecule has 42 heavy (non-hydrogen) atoms. The maximum atomic E-state index is 6.25. The Morgan fingerprint density at radius 3 is 1.95 bits per heavy atom. The smallest absolute Gasteiger partial charge is 0.201 e. The highest BCUT2D eigenvalue weighted by molar-refractivity contribution is 6.05. The summed E-state index contributed by atoms with van der Waals surface area (Å²) in [5.41, 5.74) is 10.0. The van der Waals surface area contributed by atoms with Gasteiger partial charge in [-0.25, -0.2) is 0 Å². The van der Waals surface area contributed by atoms with Crippen LogP contribution in [0, 0.1) is 0 Å². The summed E-state index contributed by atoms with van der Waals surface area (Å²) in [6.45, 7) is 0.767. The Hall–Kier alpha value is -5.54. The van der Waals surface area contributed by atoms with Gasteiger partial charge in [-0.2, -0.15) is 0 Å². The molecule has 6 aromatic carbocycles. The number of hydrogen-bond donors (Lipinski definition) is 1. The molecule has 0 aliphatic carbocycles. The van der Waals surface area contributed by atoms with Crippen LogP contribution in [-0.4, -0.2) is 6.54 Å². The van der Waals surface area contributed by atoms with Gasteiger partial charge in [0.2, 0.25) is 5.88 Å². The molecule has 0 atom stereocenters. The first-order chi connectivity index (χ1) is 20.8. The number of rotatable bonds is 5. The topological polar surface area (TPSA) is 28.4 Å². The average molecular weight is 541 g/mol. The molecule has 200 valence electrons. The minimum atomic E-state index is 0.767. The molecule has 8 rings (SSSR count). The Bertz CT molecular complexity index is 2070. The fraction of sp³-hybridized carbons (Fsp3) is 0.0256. The third kappa shape index (κ3) is 4.23. The first-order valence-electron chi connectivity index (χ1n) is 14.3. The lowest BCUT2D eigenvalue weighted by Gasteiger charge is -2.27. The monoisotopic (exact) mass is 540 g/mol. The normalized spacial score (nSPS) is 12.3. The molecule has 0 saturated heterocycles. The highest BCUT2D eigenvalue weighted by Gasteiger charge is 2.22. The predicted molar refractivity (Wildman–Crippen MR) is 177 cm³/mol. The molecule has 1 aliphatic rings. The van der Waals surface area contributed by atoms with Crippen molar-refractivity contribution in [3.63, 3.8) is 0 Å². The van der Waals surface area contributed by atoms with Crippen LogP contribution in [0.3, 0.4) is 0 Å². The SMILES string of the molecule is C1=Cc2c(oc3cccc(N(c4ccc(-c5ccccc5)cc4)c4ccc(-c5ccc6ccccc6c5)cc4)c23)NC1. The Morgan fingerprint density at radius 1 is 0.548 bits per heavy atom. The van der Waals surface area contributed by atoms with Crippen LogP contribution in [0.5, 0.6) is 0 Å². The second kappa shape index (κ2) is 10.1. The van der Waals surface area contributed by atoms with Gasteiger partial charge in [-0.05, 0) is 75.5 Å². The van der Waals surface area contributed by atoms with Gasteiger partial charge >= 0.3 is 0 Å². The van der Waals surface area contributed by atoms with Crippen LogP contribution in [0.4, 0.5) is 22.9 Å². The molecule has 0 radical (unpaired) electrons. The van der Waals surface area contributed by atoms with Crippen LogP contribution in [-0.2, 0) is 0 Å². The summed E-state index contributed by atoms with van der Waals surface area (Å²) < 4.78 is 6.25. The summed E-state index contributed by atoms with van der Waals surface area (Å²) in [5.74, 6) is 0.825. The van der Waals surface area contributed by atoms with E-state index >= 15 is 0 Å². The van der Waals surface area contributed by atoms with E-state index in [0.717, 1.165) is 46.0 Å². The molecule has 1 aromatic heterocycles. The van der Waals surface area contributed by atoms with Crippen LogP contribution in [0.15, 0.2) is 150 Å². The summed E-state index contributed by atoms with van der Waals surface area (Å²) in [7, 11) is 0. The van der Waals surface area contributed by atoms with Crippen molar-refractivity contribution in [2.24, 2.45) is 0 Å². The van der Waals surface area contributed by atoms with Crippen LogP contribution in [0.1, 0.15) is 5.56 Å². The lowest BCUT2D eigenvalue weighted by Crippen LogP contribution is -2.10. The Labute approximate surface area is 245 Å². The van der Waals surface area contributed by atoms with E-state index in [1.165, 1.54) is 33.0 Å². The second-order valence-corrected chi connectivity index (χ2v) is 10.6. The van der Waals surface area contributed by atoms with E-state index < -0.39 is 0 Å². The van der Waals surface area contributed by atoms with Crippen molar-refractivity contribution in [3.05, 3.63) is 151 Å². The molecule has 1 aliphatic heterocycles. The summed E-state index contributed by atoms with van der Waals surface area (Å²) in [4.78, 5) is 2.33. The molecule has 1 N–H and O–H groups in total. The molecule has 0 unspecified atom stereocenters. The average Bonchev–Trinajstić information content (AvgIpc) is 3.45. The molecule has 0 saturated carbocycles. The first-order valence-corrected chi connectivity index (χ1v) is 14.3. The van der Waals surface area contributed by atoms with E-state index in [1.807, 2.05) is 6.07 Å². The zero-order valence-corrected chi connectivity index (χ0v) is 23.0. The molecule has 3 nitrogen and oxygen atoms in total. The first kappa shape index (κ1) is 24.3. The third-order valence-electron chi connectivity index (χ3n) is 8.08. The van der Waals surface area contributed by atoms with Crippen LogP contribution in [0.2, 0.25) is 0 Å². The Morgan fingerprint density at radius 2 is 1.19 bits per heavy atom. The quantitative estimate of drug-likeness (QED) is 0.235. The van der Waals surface area contributed by atoms with E-state index in [0.29, 0.717) is 0 Å². The molecule has 0 fully saturated rings. The van der Waals surface area contributed by atoms with Gasteiger partial charge in [0.15, 0.2) is 0 Å². The summed E-state index contributed by atoms with van der Waals surface area (Å²) in [6.07, 6.45) is 4.31. The van der Waals surface area contributed by atoms with Crippen molar-refractivity contribution in [1.82, 2.24) is 0 Å². The zero-order chi connectivity index (χ0) is 27.9. The molecular weight excluding hydrogens is 512 g/mol. The number of benzene rings is 6. The maximum absolute atomic E-state index is 6.25. The maximum Gasteiger partial charge on any atom is 0.201 e. The number of nitrogens with zero attached hydrogens (tertiary/aromatic N) is 1. The number of hydrogen-bond acceptors (Lipinski definition) is 3. The Kier molecular flexibility index (Phi) is 5.86. The lowest BCUT2D eigenvalue weighted by molar-refractivity contribution is 0.628. The summed E-state index contributed by atoms with van der Waals surface area (Å²) >= 11 is 0. The third-order valence-corrected chi connectivity index (χ3v) is 8.08. The minimum Gasteiger partial charge on any atom is -0.440 e. The number of furan rings is 1. The van der Waals surface area contributed by atoms with Crippen LogP contribution < -0.4 is 10.2 Å². The van der Waals surface area contributed by atoms with Crippen molar-refractivity contribution in [3.8, 4) is 22.3 Å². The van der Waals surface area contributed by atoms with Crippen molar-refractivity contribution < 1.29 is 4.42 Å². The van der Waals surface area contributed by atoms with Crippen molar-refractivity contribution in [2.75, 3.05) is 16.8 Å². The lowest BCUT2D eigenvalue weighted by atomic mass is 10.0.